The molecule has 1 amide bonds. The summed E-state index contributed by atoms with van der Waals surface area (Å²) in [4.78, 5) is 44.4. The zero-order valence-electron chi connectivity index (χ0n) is 18.9. The molecule has 0 unspecified atom stereocenters. The van der Waals surface area contributed by atoms with Crippen LogP contribution in [0.25, 0.3) is 10.2 Å². The van der Waals surface area contributed by atoms with Crippen LogP contribution in [0.4, 0.5) is 0 Å². The van der Waals surface area contributed by atoms with E-state index in [9.17, 15) is 14.4 Å². The zero-order valence-corrected chi connectivity index (χ0v) is 20.6. The average Bonchev–Trinajstić information content (AvgIpc) is 3.05. The van der Waals surface area contributed by atoms with Gasteiger partial charge in [-0.05, 0) is 44.7 Å². The second-order valence-electron chi connectivity index (χ2n) is 7.88. The summed E-state index contributed by atoms with van der Waals surface area (Å²) < 4.78 is 1.69. The van der Waals surface area contributed by atoms with E-state index < -0.39 is 6.04 Å². The second kappa shape index (κ2) is 10.9. The first-order valence-electron chi connectivity index (χ1n) is 10.8. The predicted molar refractivity (Wildman–Crippen MR) is 132 cm³/mol. The Morgan fingerprint density at radius 2 is 1.94 bits per heavy atom. The first-order chi connectivity index (χ1) is 15.3. The highest BCUT2D eigenvalue weighted by molar-refractivity contribution is 7.99. The standard InChI is InChI=1S/C24H29N3O3S2/c1-5-6-12-27-23(30)21-15(2)17(4)32-22(21)26-24(27)31-14-20(29)25-19(16(3)28)13-18-10-8-7-9-11-18/h7-11,19H,5-6,12-14H2,1-4H3,(H,25,29)/t19-/m0/s1. The normalized spacial score (nSPS) is 12.1. The third kappa shape index (κ3) is 5.66. The van der Waals surface area contributed by atoms with E-state index in [1.54, 1.807) is 4.57 Å². The van der Waals surface area contributed by atoms with E-state index in [4.69, 9.17) is 4.98 Å². The summed E-state index contributed by atoms with van der Waals surface area (Å²) in [6.07, 6.45) is 2.26. The van der Waals surface area contributed by atoms with Crippen molar-refractivity contribution in [3.8, 4) is 0 Å². The molecule has 0 saturated carbocycles. The van der Waals surface area contributed by atoms with Gasteiger partial charge in [0.15, 0.2) is 10.9 Å². The van der Waals surface area contributed by atoms with E-state index in [0.717, 1.165) is 28.8 Å². The second-order valence-corrected chi connectivity index (χ2v) is 10.0. The fourth-order valence-electron chi connectivity index (χ4n) is 3.44. The molecule has 1 N–H and O–H groups in total. The molecule has 0 aliphatic heterocycles. The number of aryl methyl sites for hydroxylation is 2. The summed E-state index contributed by atoms with van der Waals surface area (Å²) in [6.45, 7) is 8.08. The molecule has 32 heavy (non-hydrogen) atoms. The van der Waals surface area contributed by atoms with Crippen LogP contribution in [0.15, 0.2) is 40.3 Å². The van der Waals surface area contributed by atoms with Gasteiger partial charge in [0.25, 0.3) is 5.56 Å². The van der Waals surface area contributed by atoms with Gasteiger partial charge in [0.05, 0.1) is 17.2 Å². The minimum atomic E-state index is -0.578. The molecule has 1 aromatic carbocycles. The van der Waals surface area contributed by atoms with E-state index in [-0.39, 0.29) is 23.0 Å². The van der Waals surface area contributed by atoms with E-state index in [1.165, 1.54) is 30.0 Å². The van der Waals surface area contributed by atoms with Crippen LogP contribution in [-0.2, 0) is 22.6 Å². The molecule has 170 valence electrons. The van der Waals surface area contributed by atoms with Crippen LogP contribution in [0.1, 0.15) is 42.7 Å². The van der Waals surface area contributed by atoms with Crippen molar-refractivity contribution in [3.05, 3.63) is 56.7 Å². The molecule has 0 fully saturated rings. The van der Waals surface area contributed by atoms with Crippen LogP contribution in [0.5, 0.6) is 0 Å². The highest BCUT2D eigenvalue weighted by atomic mass is 32.2. The summed E-state index contributed by atoms with van der Waals surface area (Å²) in [7, 11) is 0. The van der Waals surface area contributed by atoms with Crippen molar-refractivity contribution in [1.29, 1.82) is 0 Å². The monoisotopic (exact) mass is 471 g/mol. The molecule has 6 nitrogen and oxygen atoms in total. The predicted octanol–water partition coefficient (Wildman–Crippen LogP) is 4.28. The number of aromatic nitrogens is 2. The van der Waals surface area contributed by atoms with Crippen molar-refractivity contribution in [1.82, 2.24) is 14.9 Å². The Kier molecular flexibility index (Phi) is 8.26. The number of carbonyl (C=O) groups is 2. The third-order valence-corrected chi connectivity index (χ3v) is 7.51. The number of hydrogen-bond donors (Lipinski definition) is 1. The molecule has 1 atom stereocenters. The highest BCUT2D eigenvalue weighted by Crippen LogP contribution is 2.28. The number of amides is 1. The molecular weight excluding hydrogens is 442 g/mol. The summed E-state index contributed by atoms with van der Waals surface area (Å²) >= 11 is 2.75. The summed E-state index contributed by atoms with van der Waals surface area (Å²) in [5, 5.41) is 4.07. The highest BCUT2D eigenvalue weighted by Gasteiger charge is 2.20. The zero-order chi connectivity index (χ0) is 23.3. The van der Waals surface area contributed by atoms with E-state index in [2.05, 4.69) is 12.2 Å². The number of rotatable bonds is 10. The number of hydrogen-bond acceptors (Lipinski definition) is 6. The number of carbonyl (C=O) groups excluding carboxylic acids is 2. The number of thioether (sulfide) groups is 1. The largest absolute Gasteiger partial charge is 0.345 e. The van der Waals surface area contributed by atoms with Crippen LogP contribution in [0.3, 0.4) is 0 Å². The summed E-state index contributed by atoms with van der Waals surface area (Å²) in [6, 6.07) is 9.04. The number of Topliss-reactive ketones (excluding diaryl/α,β-unsaturated/α-hetero) is 1. The molecule has 8 heteroatoms. The molecule has 2 aromatic heterocycles. The van der Waals surface area contributed by atoms with Crippen LogP contribution in [-0.4, -0.2) is 33.0 Å². The quantitative estimate of drug-likeness (QED) is 0.353. The maximum absolute atomic E-state index is 13.2. The van der Waals surface area contributed by atoms with Gasteiger partial charge in [0, 0.05) is 11.4 Å². The molecular formula is C24H29N3O3S2. The SMILES string of the molecule is CCCCn1c(SCC(=O)N[C@@H](Cc2ccccc2)C(C)=O)nc2sc(C)c(C)c2c1=O. The van der Waals surface area contributed by atoms with Gasteiger partial charge in [0.2, 0.25) is 5.91 Å². The van der Waals surface area contributed by atoms with Gasteiger partial charge < -0.3 is 5.32 Å². The third-order valence-electron chi connectivity index (χ3n) is 5.43. The molecule has 2 heterocycles. The Labute approximate surface area is 196 Å². The van der Waals surface area contributed by atoms with E-state index in [1.807, 2.05) is 44.2 Å². The van der Waals surface area contributed by atoms with Gasteiger partial charge in [-0.25, -0.2) is 4.98 Å². The van der Waals surface area contributed by atoms with Crippen LogP contribution in [0, 0.1) is 13.8 Å². The molecule has 3 rings (SSSR count). The lowest BCUT2D eigenvalue weighted by atomic mass is 10.0. The molecule has 0 aliphatic carbocycles. The number of nitrogens with zero attached hydrogens (tertiary/aromatic N) is 2. The van der Waals surface area contributed by atoms with Crippen LogP contribution < -0.4 is 10.9 Å². The van der Waals surface area contributed by atoms with Crippen molar-refractivity contribution in [3.63, 3.8) is 0 Å². The van der Waals surface area contributed by atoms with Crippen molar-refractivity contribution >= 4 is 45.0 Å². The number of benzene rings is 1. The number of fused-ring (bicyclic) bond motifs is 1. The number of thiophene rings is 1. The van der Waals surface area contributed by atoms with Gasteiger partial charge in [-0.2, -0.15) is 0 Å². The number of unbranched alkanes of at least 4 members (excludes halogenated alkanes) is 1. The smallest absolute Gasteiger partial charge is 0.263 e. The van der Waals surface area contributed by atoms with Gasteiger partial charge in [-0.3, -0.25) is 19.0 Å². The van der Waals surface area contributed by atoms with Gasteiger partial charge in [-0.15, -0.1) is 11.3 Å². The van der Waals surface area contributed by atoms with Crippen LogP contribution >= 0.6 is 23.1 Å². The van der Waals surface area contributed by atoms with E-state index in [0.29, 0.717) is 28.3 Å². The average molecular weight is 472 g/mol. The Hall–Kier alpha value is -2.45. The van der Waals surface area contributed by atoms with Gasteiger partial charge in [0.1, 0.15) is 4.83 Å². The van der Waals surface area contributed by atoms with Crippen molar-refractivity contribution in [2.75, 3.05) is 5.75 Å². The summed E-state index contributed by atoms with van der Waals surface area (Å²) in [5.41, 5.74) is 1.93. The molecule has 0 spiro atoms. The lowest BCUT2D eigenvalue weighted by Crippen LogP contribution is -2.42. The molecule has 0 aliphatic rings. The minimum Gasteiger partial charge on any atom is -0.345 e. The Morgan fingerprint density at radius 1 is 1.22 bits per heavy atom. The molecule has 0 radical (unpaired) electrons. The van der Waals surface area contributed by atoms with Crippen molar-refractivity contribution in [2.45, 2.75) is 64.7 Å². The van der Waals surface area contributed by atoms with Gasteiger partial charge in [-0.1, -0.05) is 55.4 Å². The Bertz CT molecular complexity index is 1170. The maximum atomic E-state index is 13.2. The molecule has 3 aromatic rings. The minimum absolute atomic E-state index is 0.0427. The van der Waals surface area contributed by atoms with Gasteiger partial charge >= 0.3 is 0 Å². The Balaban J connectivity index is 1.77. The lowest BCUT2D eigenvalue weighted by molar-refractivity contribution is -0.125. The Morgan fingerprint density at radius 3 is 2.59 bits per heavy atom. The maximum Gasteiger partial charge on any atom is 0.263 e. The first kappa shape index (κ1) is 24.2. The fourth-order valence-corrected chi connectivity index (χ4v) is 5.35. The van der Waals surface area contributed by atoms with Crippen molar-refractivity contribution < 1.29 is 9.59 Å². The van der Waals surface area contributed by atoms with Crippen molar-refractivity contribution in [2.24, 2.45) is 0 Å². The fraction of sp³-hybridized carbons (Fsp3) is 0.417. The van der Waals surface area contributed by atoms with Crippen LogP contribution in [0.2, 0.25) is 0 Å². The topological polar surface area (TPSA) is 81.1 Å². The lowest BCUT2D eigenvalue weighted by Gasteiger charge is -2.16. The van der Waals surface area contributed by atoms with E-state index >= 15 is 0 Å². The first-order valence-corrected chi connectivity index (χ1v) is 12.6. The molecule has 0 bridgehead atoms. The summed E-state index contributed by atoms with van der Waals surface area (Å²) in [5.74, 6) is -0.247. The molecule has 0 saturated heterocycles. The number of nitrogens with one attached hydrogen (secondary N) is 1. The number of ketones is 1.